The number of carbonyl (C=O) groups is 2. The number of amides is 2. The molecule has 0 saturated heterocycles. The molecule has 5 heteroatoms. The van der Waals surface area contributed by atoms with Gasteiger partial charge in [-0.3, -0.25) is 14.6 Å². The summed E-state index contributed by atoms with van der Waals surface area (Å²) in [5, 5.41) is 0. The Morgan fingerprint density at radius 3 is 2.68 bits per heavy atom. The molecule has 3 fully saturated rings. The van der Waals surface area contributed by atoms with Gasteiger partial charge in [-0.2, -0.15) is 0 Å². The summed E-state index contributed by atoms with van der Waals surface area (Å²) in [6.07, 6.45) is 14.1. The van der Waals surface area contributed by atoms with Gasteiger partial charge in [0.05, 0.1) is 5.69 Å². The van der Waals surface area contributed by atoms with Crippen LogP contribution in [0.15, 0.2) is 36.5 Å². The molecule has 0 spiro atoms. The van der Waals surface area contributed by atoms with Gasteiger partial charge in [-0.1, -0.05) is 32.4 Å². The summed E-state index contributed by atoms with van der Waals surface area (Å²) in [5.74, 6) is 1.38. The van der Waals surface area contributed by atoms with Crippen molar-refractivity contribution in [2.75, 3.05) is 0 Å². The van der Waals surface area contributed by atoms with Crippen LogP contribution in [0.5, 0.6) is 0 Å². The van der Waals surface area contributed by atoms with Crippen LogP contribution in [0.25, 0.3) is 0 Å². The van der Waals surface area contributed by atoms with Crippen LogP contribution in [0, 0.1) is 28.6 Å². The molecule has 3 saturated carbocycles. The maximum atomic E-state index is 13.3. The third-order valence-electron chi connectivity index (χ3n) is 9.77. The number of rotatable bonds is 3. The minimum Gasteiger partial charge on any atom is -0.367 e. The normalized spacial score (nSPS) is 41.1. The molecule has 1 aromatic rings. The van der Waals surface area contributed by atoms with E-state index in [1.165, 1.54) is 32.1 Å². The lowest BCUT2D eigenvalue weighted by Gasteiger charge is -2.61. The first-order valence-electron chi connectivity index (χ1n) is 12.0. The molecule has 5 nitrogen and oxygen atoms in total. The molecule has 5 rings (SSSR count). The second kappa shape index (κ2) is 6.91. The van der Waals surface area contributed by atoms with Crippen molar-refractivity contribution in [3.8, 4) is 0 Å². The van der Waals surface area contributed by atoms with Crippen LogP contribution in [0.2, 0.25) is 0 Å². The van der Waals surface area contributed by atoms with Crippen molar-refractivity contribution in [1.82, 2.24) is 9.88 Å². The molecule has 0 aromatic carbocycles. The van der Waals surface area contributed by atoms with Crippen LogP contribution in [-0.4, -0.2) is 27.7 Å². The van der Waals surface area contributed by atoms with Gasteiger partial charge in [0, 0.05) is 17.7 Å². The fourth-order valence-electron chi connectivity index (χ4n) is 8.04. The lowest BCUT2D eigenvalue weighted by molar-refractivity contribution is -0.160. The van der Waals surface area contributed by atoms with Crippen molar-refractivity contribution in [2.45, 2.75) is 77.3 Å². The number of pyridine rings is 1. The SMILES string of the molecule is CC(C(N)=O)(c1ccccn1)N1C(=O)C=C[C@@]2(C)C1CC[C@@H]1[C@H]2CC[C@]2(C)CCC[C@@H]12. The molecule has 3 aliphatic carbocycles. The first kappa shape index (κ1) is 20.7. The van der Waals surface area contributed by atoms with E-state index in [-0.39, 0.29) is 17.4 Å². The molecule has 4 aliphatic rings. The number of aromatic nitrogens is 1. The third-order valence-corrected chi connectivity index (χ3v) is 9.77. The highest BCUT2D eigenvalue weighted by Crippen LogP contribution is 2.64. The Morgan fingerprint density at radius 1 is 1.16 bits per heavy atom. The van der Waals surface area contributed by atoms with Crippen LogP contribution in [0.4, 0.5) is 0 Å². The van der Waals surface area contributed by atoms with E-state index in [2.05, 4.69) is 24.9 Å². The van der Waals surface area contributed by atoms with Gasteiger partial charge >= 0.3 is 0 Å². The minimum atomic E-state index is -1.27. The Kier molecular flexibility index (Phi) is 4.62. The maximum Gasteiger partial charge on any atom is 0.249 e. The standard InChI is InChI=1S/C26H35N3O2/c1-24-13-6-7-18(24)17-9-10-21-25(2,19(17)11-14-24)15-12-22(30)29(21)26(3,23(27)31)20-8-4-5-16-28-20/h4-5,8,12,15-19,21H,6-7,9-11,13-14H2,1-3H3,(H2,27,31)/t17-,18-,19+,21?,24-,25+,26?/m0/s1. The van der Waals surface area contributed by atoms with E-state index in [0.717, 1.165) is 18.8 Å². The number of carbonyl (C=O) groups excluding carboxylic acids is 2. The second-order valence-electron chi connectivity index (χ2n) is 11.1. The first-order valence-corrected chi connectivity index (χ1v) is 12.0. The quantitative estimate of drug-likeness (QED) is 0.795. The number of nitrogens with zero attached hydrogens (tertiary/aromatic N) is 2. The highest BCUT2D eigenvalue weighted by atomic mass is 16.2. The van der Waals surface area contributed by atoms with E-state index in [1.54, 1.807) is 24.1 Å². The highest BCUT2D eigenvalue weighted by Gasteiger charge is 2.61. The number of nitrogens with two attached hydrogens (primary N) is 1. The lowest BCUT2D eigenvalue weighted by atomic mass is 9.48. The fourth-order valence-corrected chi connectivity index (χ4v) is 8.04. The highest BCUT2D eigenvalue weighted by molar-refractivity contribution is 5.96. The summed E-state index contributed by atoms with van der Waals surface area (Å²) in [4.78, 5) is 32.4. The average molecular weight is 422 g/mol. The number of hydrogen-bond acceptors (Lipinski definition) is 3. The van der Waals surface area contributed by atoms with Gasteiger partial charge in [0.2, 0.25) is 11.8 Å². The van der Waals surface area contributed by atoms with Gasteiger partial charge in [0.25, 0.3) is 0 Å². The molecule has 2 amide bonds. The van der Waals surface area contributed by atoms with Gasteiger partial charge in [-0.15, -0.1) is 0 Å². The number of primary amides is 1. The molecule has 1 aromatic heterocycles. The van der Waals surface area contributed by atoms with Gasteiger partial charge < -0.3 is 10.6 Å². The zero-order valence-electron chi connectivity index (χ0n) is 19.0. The molecule has 7 atom stereocenters. The Hall–Kier alpha value is -2.17. The summed E-state index contributed by atoms with van der Waals surface area (Å²) in [5.41, 5.74) is 5.61. The predicted molar refractivity (Wildman–Crippen MR) is 120 cm³/mol. The summed E-state index contributed by atoms with van der Waals surface area (Å²) >= 11 is 0. The van der Waals surface area contributed by atoms with Crippen molar-refractivity contribution >= 4 is 11.8 Å². The van der Waals surface area contributed by atoms with E-state index in [0.29, 0.717) is 22.9 Å². The van der Waals surface area contributed by atoms with Crippen LogP contribution in [0.3, 0.4) is 0 Å². The molecular weight excluding hydrogens is 386 g/mol. The topological polar surface area (TPSA) is 76.3 Å². The Balaban J connectivity index is 1.57. The van der Waals surface area contributed by atoms with E-state index in [4.69, 9.17) is 5.73 Å². The Morgan fingerprint density at radius 2 is 1.97 bits per heavy atom. The molecule has 31 heavy (non-hydrogen) atoms. The van der Waals surface area contributed by atoms with Crippen molar-refractivity contribution in [3.63, 3.8) is 0 Å². The monoisotopic (exact) mass is 421 g/mol. The number of hydrogen-bond donors (Lipinski definition) is 1. The van der Waals surface area contributed by atoms with Gasteiger partial charge in [0.15, 0.2) is 5.54 Å². The summed E-state index contributed by atoms with van der Waals surface area (Å²) in [6, 6.07) is 5.44. The predicted octanol–water partition coefficient (Wildman–Crippen LogP) is 4.18. The van der Waals surface area contributed by atoms with Gasteiger partial charge in [-0.25, -0.2) is 0 Å². The van der Waals surface area contributed by atoms with E-state index in [9.17, 15) is 9.59 Å². The maximum absolute atomic E-state index is 13.3. The van der Waals surface area contributed by atoms with Crippen molar-refractivity contribution < 1.29 is 9.59 Å². The largest absolute Gasteiger partial charge is 0.367 e. The van der Waals surface area contributed by atoms with E-state index in [1.807, 2.05) is 18.2 Å². The second-order valence-corrected chi connectivity index (χ2v) is 11.1. The minimum absolute atomic E-state index is 0.0449. The van der Waals surface area contributed by atoms with Gasteiger partial charge in [0.1, 0.15) is 0 Å². The smallest absolute Gasteiger partial charge is 0.249 e. The molecule has 0 bridgehead atoms. The van der Waals surface area contributed by atoms with Gasteiger partial charge in [-0.05, 0) is 86.8 Å². The first-order chi connectivity index (χ1) is 14.7. The third kappa shape index (κ3) is 2.77. The van der Waals surface area contributed by atoms with Crippen molar-refractivity contribution in [3.05, 3.63) is 42.2 Å². The zero-order valence-corrected chi connectivity index (χ0v) is 19.0. The van der Waals surface area contributed by atoms with Crippen LogP contribution in [0.1, 0.15) is 71.4 Å². The van der Waals surface area contributed by atoms with Crippen molar-refractivity contribution in [1.29, 1.82) is 0 Å². The molecular formula is C26H35N3O2. The van der Waals surface area contributed by atoms with Crippen molar-refractivity contribution in [2.24, 2.45) is 34.3 Å². The van der Waals surface area contributed by atoms with E-state index >= 15 is 0 Å². The fraction of sp³-hybridized carbons (Fsp3) is 0.654. The van der Waals surface area contributed by atoms with Crippen LogP contribution < -0.4 is 5.73 Å². The summed E-state index contributed by atoms with van der Waals surface area (Å²) < 4.78 is 0. The molecule has 2 N–H and O–H groups in total. The Labute approximate surface area is 185 Å². The molecule has 0 radical (unpaired) electrons. The van der Waals surface area contributed by atoms with Crippen LogP contribution >= 0.6 is 0 Å². The molecule has 2 unspecified atom stereocenters. The Bertz CT molecular complexity index is 930. The summed E-state index contributed by atoms with van der Waals surface area (Å²) in [7, 11) is 0. The van der Waals surface area contributed by atoms with E-state index < -0.39 is 11.4 Å². The number of fused-ring (bicyclic) bond motifs is 5. The lowest BCUT2D eigenvalue weighted by Crippen LogP contribution is -2.67. The van der Waals surface area contributed by atoms with Crippen LogP contribution in [-0.2, 0) is 15.1 Å². The average Bonchev–Trinajstić information content (AvgIpc) is 3.16. The summed E-state index contributed by atoms with van der Waals surface area (Å²) in [6.45, 7) is 6.60. The molecule has 166 valence electrons. The zero-order chi connectivity index (χ0) is 22.0. The molecule has 1 aliphatic heterocycles. The molecule has 2 heterocycles.